The second kappa shape index (κ2) is 15.9. The van der Waals surface area contributed by atoms with E-state index in [9.17, 15) is 18.0 Å². The van der Waals surface area contributed by atoms with Crippen LogP contribution in [0.5, 0.6) is 0 Å². The van der Waals surface area contributed by atoms with Gasteiger partial charge in [-0.05, 0) is 95.1 Å². The fraction of sp³-hybridized carbons (Fsp3) is 0.278. The molecule has 0 aromatic heterocycles. The molecule has 1 atom stereocenters. The summed E-state index contributed by atoms with van der Waals surface area (Å²) in [5.74, 6) is -0.738. The molecule has 46 heavy (non-hydrogen) atoms. The van der Waals surface area contributed by atoms with E-state index in [0.29, 0.717) is 10.7 Å². The second-order valence-electron chi connectivity index (χ2n) is 11.5. The number of nitrogens with one attached hydrogen (secondary N) is 1. The van der Waals surface area contributed by atoms with Crippen molar-refractivity contribution in [1.29, 1.82) is 0 Å². The van der Waals surface area contributed by atoms with Crippen molar-refractivity contribution in [1.82, 2.24) is 10.2 Å². The van der Waals surface area contributed by atoms with E-state index in [4.69, 9.17) is 11.6 Å². The van der Waals surface area contributed by atoms with Crippen LogP contribution >= 0.6 is 34.2 Å². The molecule has 0 heterocycles. The molecule has 10 heteroatoms. The maximum atomic E-state index is 14.6. The molecule has 0 spiro atoms. The standard InChI is InChI=1S/C36H37ClIN3O4S/c37-29-18-16-28(17-19-29)25-40(34(24-27-10-4-1-5-11-27)36(43)39-31-12-6-2-7-13-31)35(42)26-41(32-22-20-30(38)21-23-32)46(44,45)33-14-8-3-9-15-33/h1,3-5,8-11,14-23,31,34H,2,6-7,12-13,24-26H2,(H,39,43)/t34-/m1/s1. The van der Waals surface area contributed by atoms with E-state index < -0.39 is 28.5 Å². The molecule has 240 valence electrons. The van der Waals surface area contributed by atoms with Gasteiger partial charge in [0.1, 0.15) is 12.6 Å². The second-order valence-corrected chi connectivity index (χ2v) is 15.0. The van der Waals surface area contributed by atoms with Crippen LogP contribution in [0.2, 0.25) is 5.02 Å². The predicted octanol–water partition coefficient (Wildman–Crippen LogP) is 7.23. The van der Waals surface area contributed by atoms with Crippen LogP contribution in [0, 0.1) is 3.57 Å². The highest BCUT2D eigenvalue weighted by Gasteiger charge is 2.35. The van der Waals surface area contributed by atoms with Gasteiger partial charge in [0.25, 0.3) is 10.0 Å². The minimum Gasteiger partial charge on any atom is -0.352 e. The molecular formula is C36H37ClIN3O4S. The zero-order valence-electron chi connectivity index (χ0n) is 25.4. The van der Waals surface area contributed by atoms with Crippen LogP contribution in [-0.4, -0.2) is 43.8 Å². The number of halogens is 2. The first-order valence-corrected chi connectivity index (χ1v) is 18.3. The molecule has 4 aromatic carbocycles. The smallest absolute Gasteiger partial charge is 0.264 e. The van der Waals surface area contributed by atoms with E-state index in [-0.39, 0.29) is 29.8 Å². The minimum absolute atomic E-state index is 0.0359. The van der Waals surface area contributed by atoms with Gasteiger partial charge in [-0.15, -0.1) is 0 Å². The summed E-state index contributed by atoms with van der Waals surface area (Å²) in [4.78, 5) is 30.3. The first-order chi connectivity index (χ1) is 22.2. The Morgan fingerprint density at radius 1 is 0.804 bits per heavy atom. The van der Waals surface area contributed by atoms with Crippen LogP contribution < -0.4 is 9.62 Å². The maximum absolute atomic E-state index is 14.6. The summed E-state index contributed by atoms with van der Waals surface area (Å²) in [5, 5.41) is 3.78. The van der Waals surface area contributed by atoms with Crippen LogP contribution in [0.15, 0.2) is 114 Å². The SMILES string of the molecule is O=C(NC1CCCCC1)[C@@H](Cc1ccccc1)N(Cc1ccc(Cl)cc1)C(=O)CN(c1ccc(I)cc1)S(=O)(=O)c1ccccc1. The molecule has 0 saturated heterocycles. The number of rotatable bonds is 12. The van der Waals surface area contributed by atoms with Crippen LogP contribution in [0.3, 0.4) is 0 Å². The third-order valence-corrected chi connectivity index (χ3v) is 11.0. The molecule has 1 N–H and O–H groups in total. The molecule has 2 amide bonds. The number of nitrogens with zero attached hydrogens (tertiary/aromatic N) is 2. The Morgan fingerprint density at radius 2 is 1.41 bits per heavy atom. The number of carbonyl (C=O) groups is 2. The number of hydrogen-bond donors (Lipinski definition) is 1. The van der Waals surface area contributed by atoms with Gasteiger partial charge in [0.2, 0.25) is 11.8 Å². The molecule has 0 aliphatic heterocycles. The van der Waals surface area contributed by atoms with E-state index in [1.165, 1.54) is 17.0 Å². The average molecular weight is 770 g/mol. The van der Waals surface area contributed by atoms with Crippen molar-refractivity contribution in [3.63, 3.8) is 0 Å². The number of amides is 2. The lowest BCUT2D eigenvalue weighted by Gasteiger charge is -2.35. The third kappa shape index (κ3) is 8.89. The lowest BCUT2D eigenvalue weighted by molar-refractivity contribution is -0.140. The zero-order chi connectivity index (χ0) is 32.5. The molecule has 4 aromatic rings. The lowest BCUT2D eigenvalue weighted by Crippen LogP contribution is -2.55. The van der Waals surface area contributed by atoms with Gasteiger partial charge < -0.3 is 10.2 Å². The molecule has 0 radical (unpaired) electrons. The highest BCUT2D eigenvalue weighted by Crippen LogP contribution is 2.26. The molecule has 0 unspecified atom stereocenters. The number of sulfonamides is 1. The van der Waals surface area contributed by atoms with Crippen molar-refractivity contribution in [2.45, 2.75) is 62.0 Å². The summed E-state index contributed by atoms with van der Waals surface area (Å²) >= 11 is 8.33. The maximum Gasteiger partial charge on any atom is 0.264 e. The molecule has 1 aliphatic carbocycles. The van der Waals surface area contributed by atoms with Gasteiger partial charge in [0, 0.05) is 27.6 Å². The lowest BCUT2D eigenvalue weighted by atomic mass is 9.94. The summed E-state index contributed by atoms with van der Waals surface area (Å²) in [6, 6.07) is 30.9. The number of anilines is 1. The van der Waals surface area contributed by atoms with Crippen molar-refractivity contribution in [3.05, 3.63) is 129 Å². The first kappa shape index (κ1) is 33.9. The Bertz CT molecular complexity index is 1700. The van der Waals surface area contributed by atoms with Gasteiger partial charge in [-0.3, -0.25) is 13.9 Å². The van der Waals surface area contributed by atoms with Gasteiger partial charge in [-0.25, -0.2) is 8.42 Å². The van der Waals surface area contributed by atoms with Crippen molar-refractivity contribution in [2.24, 2.45) is 0 Å². The van der Waals surface area contributed by atoms with Crippen LogP contribution in [0.1, 0.15) is 43.2 Å². The summed E-state index contributed by atoms with van der Waals surface area (Å²) in [5.41, 5.74) is 2.02. The van der Waals surface area contributed by atoms with Crippen LogP contribution in [0.4, 0.5) is 5.69 Å². The Balaban J connectivity index is 1.55. The molecule has 5 rings (SSSR count). The first-order valence-electron chi connectivity index (χ1n) is 15.4. The normalized spacial score (nSPS) is 14.3. The highest BCUT2D eigenvalue weighted by molar-refractivity contribution is 14.1. The van der Waals surface area contributed by atoms with Gasteiger partial charge in [-0.2, -0.15) is 0 Å². The van der Waals surface area contributed by atoms with Gasteiger partial charge in [0.05, 0.1) is 10.6 Å². The largest absolute Gasteiger partial charge is 0.352 e. The monoisotopic (exact) mass is 769 g/mol. The number of benzene rings is 4. The Hall–Kier alpha value is -3.41. The summed E-state index contributed by atoms with van der Waals surface area (Å²) in [7, 11) is -4.14. The van der Waals surface area contributed by atoms with Gasteiger partial charge in [-0.1, -0.05) is 91.5 Å². The molecule has 7 nitrogen and oxygen atoms in total. The quantitative estimate of drug-likeness (QED) is 0.154. The summed E-state index contributed by atoms with van der Waals surface area (Å²) in [6.07, 6.45) is 5.29. The van der Waals surface area contributed by atoms with Crippen molar-refractivity contribution >= 4 is 61.7 Å². The highest BCUT2D eigenvalue weighted by atomic mass is 127. The average Bonchev–Trinajstić information content (AvgIpc) is 3.07. The Kier molecular flexibility index (Phi) is 11.8. The number of hydrogen-bond acceptors (Lipinski definition) is 4. The van der Waals surface area contributed by atoms with Gasteiger partial charge in [0.15, 0.2) is 0 Å². The van der Waals surface area contributed by atoms with Crippen molar-refractivity contribution in [3.8, 4) is 0 Å². The van der Waals surface area contributed by atoms with E-state index in [1.807, 2.05) is 42.5 Å². The minimum atomic E-state index is -4.14. The van der Waals surface area contributed by atoms with Crippen molar-refractivity contribution < 1.29 is 18.0 Å². The van der Waals surface area contributed by atoms with Crippen LogP contribution in [0.25, 0.3) is 0 Å². The van der Waals surface area contributed by atoms with E-state index in [0.717, 1.165) is 51.1 Å². The van der Waals surface area contributed by atoms with E-state index in [2.05, 4.69) is 27.9 Å². The Morgan fingerprint density at radius 3 is 2.04 bits per heavy atom. The summed E-state index contributed by atoms with van der Waals surface area (Å²) in [6.45, 7) is -0.398. The fourth-order valence-corrected chi connectivity index (χ4v) is 7.66. The summed E-state index contributed by atoms with van der Waals surface area (Å²) < 4.78 is 30.2. The zero-order valence-corrected chi connectivity index (χ0v) is 29.1. The van der Waals surface area contributed by atoms with E-state index in [1.54, 1.807) is 54.6 Å². The Labute approximate surface area is 290 Å². The van der Waals surface area contributed by atoms with E-state index >= 15 is 0 Å². The number of carbonyl (C=O) groups excluding carboxylic acids is 2. The van der Waals surface area contributed by atoms with Crippen LogP contribution in [-0.2, 0) is 32.6 Å². The predicted molar refractivity (Wildman–Crippen MR) is 191 cm³/mol. The van der Waals surface area contributed by atoms with Gasteiger partial charge >= 0.3 is 0 Å². The fourth-order valence-electron chi connectivity index (χ4n) is 5.74. The molecule has 0 bridgehead atoms. The molecular weight excluding hydrogens is 733 g/mol. The molecule has 1 aliphatic rings. The topological polar surface area (TPSA) is 86.8 Å². The molecule has 1 saturated carbocycles. The van der Waals surface area contributed by atoms with Crippen molar-refractivity contribution in [2.75, 3.05) is 10.8 Å². The third-order valence-electron chi connectivity index (χ3n) is 8.21. The molecule has 1 fully saturated rings.